The van der Waals surface area contributed by atoms with E-state index in [1.165, 1.54) is 23.3 Å². The maximum Gasteiger partial charge on any atom is 0.377 e. The molecule has 0 amide bonds. The first-order valence-corrected chi connectivity index (χ1v) is 10.1. The van der Waals surface area contributed by atoms with E-state index in [0.29, 0.717) is 39.3 Å². The Morgan fingerprint density at radius 3 is 2.56 bits per heavy atom. The van der Waals surface area contributed by atoms with E-state index in [2.05, 4.69) is 4.98 Å². The van der Waals surface area contributed by atoms with Crippen LogP contribution in [0.25, 0.3) is 11.6 Å². The third kappa shape index (κ3) is 3.13. The number of ketones is 1. The van der Waals surface area contributed by atoms with E-state index in [1.807, 2.05) is 25.1 Å². The first-order valence-electron chi connectivity index (χ1n) is 10.1. The molecule has 4 rings (SSSR count). The van der Waals surface area contributed by atoms with Gasteiger partial charge in [-0.3, -0.25) is 4.79 Å². The molecule has 0 radical (unpaired) electrons. The van der Waals surface area contributed by atoms with Gasteiger partial charge < -0.3 is 25.3 Å². The minimum atomic E-state index is -2.29. The lowest BCUT2D eigenvalue weighted by Crippen LogP contribution is -2.37. The number of carbonyl (C=O) groups is 2. The second-order valence-electron chi connectivity index (χ2n) is 8.19. The summed E-state index contributed by atoms with van der Waals surface area (Å²) in [5.41, 5.74) is -0.659. The maximum atomic E-state index is 12.5. The number of carboxylic acids is 1. The van der Waals surface area contributed by atoms with Gasteiger partial charge in [-0.1, -0.05) is 6.92 Å². The largest absolute Gasteiger partial charge is 0.479 e. The van der Waals surface area contributed by atoms with Crippen LogP contribution in [0.5, 0.6) is 5.88 Å². The fourth-order valence-electron chi connectivity index (χ4n) is 4.19. The van der Waals surface area contributed by atoms with Crippen LogP contribution in [0.1, 0.15) is 35.7 Å². The van der Waals surface area contributed by atoms with Crippen molar-refractivity contribution in [2.45, 2.75) is 25.6 Å². The van der Waals surface area contributed by atoms with E-state index >= 15 is 0 Å². The van der Waals surface area contributed by atoms with Crippen molar-refractivity contribution in [3.8, 4) is 5.88 Å². The molecule has 0 saturated heterocycles. The van der Waals surface area contributed by atoms with Crippen LogP contribution in [0.3, 0.4) is 0 Å². The molecule has 0 fully saturated rings. The van der Waals surface area contributed by atoms with Crippen molar-refractivity contribution in [2.24, 2.45) is 0 Å². The molecule has 0 bridgehead atoms. The number of carbonyl (C=O) groups excluding carboxylic acids is 1. The number of hydrogen-bond donors (Lipinski definition) is 4. The van der Waals surface area contributed by atoms with Crippen LogP contribution in [0.2, 0.25) is 0 Å². The van der Waals surface area contributed by atoms with Crippen molar-refractivity contribution in [1.29, 1.82) is 0 Å². The number of nitrogens with zero attached hydrogens (tertiary/aromatic N) is 3. The standard InChI is InChI=1S/C23H23N3O6/c1-4-23(32,22(30)31)16-8-18-20-12(9-26(18)21(29)15(16)11-27)7-13-14(10-25(2)3)19(28)6-5-17(13)24-20/h5-9,27,32H,4,10-11H2,1-3H3,(H-,28,29,30,31)/p+1. The number of aliphatic carboxylic acids is 1. The number of allylic oxidation sites excluding steroid dienone is 1. The van der Waals surface area contributed by atoms with E-state index in [4.69, 9.17) is 0 Å². The zero-order valence-corrected chi connectivity index (χ0v) is 18.0. The molecule has 4 N–H and O–H groups in total. The Bertz CT molecular complexity index is 1430. The molecule has 0 aromatic carbocycles. The van der Waals surface area contributed by atoms with Gasteiger partial charge in [0, 0.05) is 29.0 Å². The number of rotatable bonds is 6. The van der Waals surface area contributed by atoms with E-state index in [-0.39, 0.29) is 29.2 Å². The lowest BCUT2D eigenvalue weighted by molar-refractivity contribution is -0.527. The van der Waals surface area contributed by atoms with Crippen molar-refractivity contribution in [3.05, 3.63) is 62.7 Å². The fraction of sp³-hybridized carbons (Fsp3) is 0.304. The zero-order valence-electron chi connectivity index (χ0n) is 18.0. The van der Waals surface area contributed by atoms with Gasteiger partial charge in [0.2, 0.25) is 5.35 Å². The number of aromatic nitrogens is 2. The Kier molecular flexibility index (Phi) is 5.20. The van der Waals surface area contributed by atoms with E-state index in [1.54, 1.807) is 12.3 Å². The molecule has 9 nitrogen and oxygen atoms in total. The first kappa shape index (κ1) is 21.8. The predicted octanol–water partition coefficient (Wildman–Crippen LogP) is -0.784. The topological polar surface area (TPSA) is 137 Å². The average molecular weight is 438 g/mol. The lowest BCUT2D eigenvalue weighted by atomic mass is 9.88. The number of hydrogen-bond acceptors (Lipinski definition) is 7. The fourth-order valence-corrected chi connectivity index (χ4v) is 4.19. The van der Waals surface area contributed by atoms with Gasteiger partial charge in [0.15, 0.2) is 17.6 Å². The number of aromatic hydroxyl groups is 1. The Labute approximate surface area is 182 Å². The second kappa shape index (κ2) is 7.63. The summed E-state index contributed by atoms with van der Waals surface area (Å²) in [6.07, 6.45) is 4.53. The van der Waals surface area contributed by atoms with Gasteiger partial charge in [-0.25, -0.2) is 9.78 Å². The van der Waals surface area contributed by atoms with E-state index in [0.717, 1.165) is 0 Å². The van der Waals surface area contributed by atoms with Crippen molar-refractivity contribution < 1.29 is 34.3 Å². The van der Waals surface area contributed by atoms with Crippen LogP contribution in [0.15, 0.2) is 18.2 Å². The molecule has 3 heterocycles. The molecule has 166 valence electrons. The van der Waals surface area contributed by atoms with Crippen molar-refractivity contribution >= 4 is 23.4 Å². The molecule has 9 heteroatoms. The molecule has 0 spiro atoms. The average Bonchev–Trinajstić information content (AvgIpc) is 3.11. The molecule has 1 unspecified atom stereocenters. The summed E-state index contributed by atoms with van der Waals surface area (Å²) in [6, 6.07) is 3.25. The Hall–Kier alpha value is -3.40. The first-order chi connectivity index (χ1) is 15.1. The van der Waals surface area contributed by atoms with Gasteiger partial charge in [-0.05, 0) is 38.7 Å². The van der Waals surface area contributed by atoms with Crippen molar-refractivity contribution in [1.82, 2.24) is 9.88 Å². The van der Waals surface area contributed by atoms with Crippen LogP contribution in [-0.4, -0.2) is 62.7 Å². The monoisotopic (exact) mass is 438 g/mol. The highest BCUT2D eigenvalue weighted by Crippen LogP contribution is 2.32. The van der Waals surface area contributed by atoms with Crippen molar-refractivity contribution in [3.63, 3.8) is 0 Å². The van der Waals surface area contributed by atoms with Gasteiger partial charge in [-0.2, -0.15) is 0 Å². The number of pyridine rings is 2. The summed E-state index contributed by atoms with van der Waals surface area (Å²) in [5, 5.41) is 42.7. The minimum absolute atomic E-state index is 0.0794. The van der Waals surface area contributed by atoms with Crippen LogP contribution in [-0.2, 0) is 21.8 Å². The third-order valence-electron chi connectivity index (χ3n) is 5.91. The zero-order chi connectivity index (χ0) is 23.4. The molecule has 1 aliphatic heterocycles. The highest BCUT2D eigenvalue weighted by atomic mass is 16.4. The highest BCUT2D eigenvalue weighted by Gasteiger charge is 2.41. The summed E-state index contributed by atoms with van der Waals surface area (Å²) in [4.78, 5) is 30.9. The van der Waals surface area contributed by atoms with Gasteiger partial charge in [0.1, 0.15) is 5.35 Å². The number of aliphatic hydroxyl groups excluding tert-OH is 1. The van der Waals surface area contributed by atoms with Crippen LogP contribution < -0.4 is 9.46 Å². The van der Waals surface area contributed by atoms with Crippen LogP contribution in [0, 0.1) is 16.9 Å². The normalized spacial score (nSPS) is 15.8. The van der Waals surface area contributed by atoms with E-state index < -0.39 is 18.2 Å². The Balaban J connectivity index is 2.13. The van der Waals surface area contributed by atoms with Crippen LogP contribution >= 0.6 is 0 Å². The minimum Gasteiger partial charge on any atom is -0.479 e. The van der Waals surface area contributed by atoms with Crippen LogP contribution in [0.4, 0.5) is 0 Å². The molecular weight excluding hydrogens is 414 g/mol. The molecule has 1 aliphatic carbocycles. The maximum absolute atomic E-state index is 12.5. The van der Waals surface area contributed by atoms with Gasteiger partial charge in [0.05, 0.1) is 23.4 Å². The summed E-state index contributed by atoms with van der Waals surface area (Å²) in [7, 11) is 3.73. The number of aliphatic hydroxyl groups is 2. The molecule has 0 saturated carbocycles. The molecule has 2 aromatic rings. The summed E-state index contributed by atoms with van der Waals surface area (Å²) in [6.45, 7) is 1.28. The smallest absolute Gasteiger partial charge is 0.377 e. The Morgan fingerprint density at radius 2 is 1.97 bits per heavy atom. The highest BCUT2D eigenvalue weighted by molar-refractivity contribution is 6.24. The van der Waals surface area contributed by atoms with Gasteiger partial charge >= 0.3 is 11.8 Å². The van der Waals surface area contributed by atoms with Gasteiger partial charge in [-0.15, -0.1) is 4.24 Å². The summed E-state index contributed by atoms with van der Waals surface area (Å²) in [5.74, 6) is -1.96. The third-order valence-corrected chi connectivity index (χ3v) is 5.91. The van der Waals surface area contributed by atoms with Crippen molar-refractivity contribution in [2.75, 3.05) is 20.6 Å². The lowest BCUT2D eigenvalue weighted by Gasteiger charge is -2.23. The second-order valence-corrected chi connectivity index (χ2v) is 8.19. The number of fused-ring (bicyclic) bond motifs is 3. The molecular formula is C23H24N3O6+. The SMILES string of the molecule is CCC(O)(C(=O)O)c1cc2[n+](c(O)c1CO)=Cc1cc3c(nc1=2)C=CC(=O)C=3CN(C)C. The summed E-state index contributed by atoms with van der Waals surface area (Å²) < 4.78 is 1.40. The molecule has 2 aliphatic rings. The molecule has 1 atom stereocenters. The quantitative estimate of drug-likeness (QED) is 0.368. The molecule has 32 heavy (non-hydrogen) atoms. The molecule has 2 aromatic heterocycles. The van der Waals surface area contributed by atoms with E-state index in [9.17, 15) is 30.0 Å². The number of carboxylic acid groups (broad SMARTS) is 1. The Morgan fingerprint density at radius 1 is 1.25 bits per heavy atom. The summed E-state index contributed by atoms with van der Waals surface area (Å²) >= 11 is 0. The van der Waals surface area contributed by atoms with Gasteiger partial charge in [0.25, 0.3) is 0 Å². The predicted molar refractivity (Wildman–Crippen MR) is 112 cm³/mol.